The molecule has 0 aliphatic rings. The van der Waals surface area contributed by atoms with Crippen LogP contribution >= 0.6 is 11.6 Å². The summed E-state index contributed by atoms with van der Waals surface area (Å²) in [6, 6.07) is 6.88. The molecule has 4 nitrogen and oxygen atoms in total. The fourth-order valence-corrected chi connectivity index (χ4v) is 1.89. The van der Waals surface area contributed by atoms with E-state index in [-0.39, 0.29) is 11.8 Å². The summed E-state index contributed by atoms with van der Waals surface area (Å²) in [5, 5.41) is 9.22. The molecule has 0 heterocycles. The van der Waals surface area contributed by atoms with Crippen LogP contribution in [0.2, 0.25) is 5.02 Å². The Kier molecular flexibility index (Phi) is 4.99. The van der Waals surface area contributed by atoms with Crippen molar-refractivity contribution in [1.82, 2.24) is 4.90 Å². The predicted molar refractivity (Wildman–Crippen MR) is 72.2 cm³/mol. The molecule has 0 radical (unpaired) electrons. The summed E-state index contributed by atoms with van der Waals surface area (Å²) in [5.74, 6) is -0.362. The van der Waals surface area contributed by atoms with Gasteiger partial charge in [0.05, 0.1) is 12.0 Å². The Hall–Kier alpha value is -1.73. The molecule has 1 aromatic carbocycles. The Morgan fingerprint density at radius 3 is 2.72 bits per heavy atom. The maximum atomic E-state index is 12.2. The molecule has 0 bridgehead atoms. The molecule has 0 saturated carbocycles. The number of nitrogens with two attached hydrogens (primary N) is 1. The lowest BCUT2D eigenvalue weighted by atomic mass is 10.1. The van der Waals surface area contributed by atoms with Gasteiger partial charge < -0.3 is 10.6 Å². The number of hydrogen-bond acceptors (Lipinski definition) is 3. The number of carbonyl (C=O) groups excluding carboxylic acids is 1. The first kappa shape index (κ1) is 14.3. The molecule has 1 rings (SSSR count). The first-order valence-corrected chi connectivity index (χ1v) is 6.10. The molecular weight excluding hydrogens is 250 g/mol. The molecule has 5 heteroatoms. The van der Waals surface area contributed by atoms with Crippen molar-refractivity contribution < 1.29 is 4.79 Å². The number of benzene rings is 1. The van der Waals surface area contributed by atoms with E-state index in [1.165, 1.54) is 0 Å². The molecule has 96 valence electrons. The summed E-state index contributed by atoms with van der Waals surface area (Å²) in [4.78, 5) is 13.8. The molecule has 0 spiro atoms. The number of rotatable bonds is 4. The lowest BCUT2D eigenvalue weighted by Crippen LogP contribution is -2.34. The lowest BCUT2D eigenvalue weighted by Gasteiger charge is -2.22. The van der Waals surface area contributed by atoms with Crippen molar-refractivity contribution in [3.05, 3.63) is 28.8 Å². The van der Waals surface area contributed by atoms with E-state index in [1.807, 2.05) is 6.92 Å². The molecule has 1 unspecified atom stereocenters. The van der Waals surface area contributed by atoms with E-state index in [9.17, 15) is 4.79 Å². The van der Waals surface area contributed by atoms with Crippen LogP contribution in [0.5, 0.6) is 0 Å². The van der Waals surface area contributed by atoms with Gasteiger partial charge in [0.2, 0.25) is 0 Å². The van der Waals surface area contributed by atoms with E-state index in [4.69, 9.17) is 22.6 Å². The summed E-state index contributed by atoms with van der Waals surface area (Å²) in [5.41, 5.74) is 6.56. The second-order valence-electron chi connectivity index (χ2n) is 4.15. The normalized spacial score (nSPS) is 11.7. The topological polar surface area (TPSA) is 70.1 Å². The van der Waals surface area contributed by atoms with Gasteiger partial charge in [-0.3, -0.25) is 4.79 Å². The van der Waals surface area contributed by atoms with E-state index < -0.39 is 0 Å². The molecule has 1 atom stereocenters. The van der Waals surface area contributed by atoms with Crippen LogP contribution in [-0.4, -0.2) is 23.9 Å². The Morgan fingerprint density at radius 1 is 1.56 bits per heavy atom. The van der Waals surface area contributed by atoms with Crippen LogP contribution in [-0.2, 0) is 0 Å². The van der Waals surface area contributed by atoms with E-state index in [0.29, 0.717) is 29.4 Å². The highest BCUT2D eigenvalue weighted by atomic mass is 35.5. The lowest BCUT2D eigenvalue weighted by molar-refractivity contribution is 0.0753. The number of nitrogen functional groups attached to an aromatic ring is 1. The van der Waals surface area contributed by atoms with Crippen molar-refractivity contribution in [2.75, 3.05) is 18.8 Å². The minimum absolute atomic E-state index is 0.159. The van der Waals surface area contributed by atoms with Crippen molar-refractivity contribution >= 4 is 23.2 Å². The molecule has 18 heavy (non-hydrogen) atoms. The van der Waals surface area contributed by atoms with Crippen molar-refractivity contribution in [3.63, 3.8) is 0 Å². The molecule has 0 aliphatic carbocycles. The summed E-state index contributed by atoms with van der Waals surface area (Å²) < 4.78 is 0. The van der Waals surface area contributed by atoms with E-state index >= 15 is 0 Å². The summed E-state index contributed by atoms with van der Waals surface area (Å²) in [7, 11) is 0. The van der Waals surface area contributed by atoms with Crippen LogP contribution in [0.3, 0.4) is 0 Å². The molecule has 2 N–H and O–H groups in total. The second-order valence-corrected chi connectivity index (χ2v) is 4.58. The van der Waals surface area contributed by atoms with Crippen LogP contribution in [0, 0.1) is 17.2 Å². The molecule has 0 fully saturated rings. The zero-order chi connectivity index (χ0) is 13.7. The highest BCUT2D eigenvalue weighted by Crippen LogP contribution is 2.18. The first-order valence-electron chi connectivity index (χ1n) is 5.72. The van der Waals surface area contributed by atoms with Gasteiger partial charge in [0.1, 0.15) is 0 Å². The number of anilines is 1. The van der Waals surface area contributed by atoms with Crippen LogP contribution in [0.1, 0.15) is 24.2 Å². The summed E-state index contributed by atoms with van der Waals surface area (Å²) in [6.45, 7) is 4.59. The first-order chi connectivity index (χ1) is 8.47. The van der Waals surface area contributed by atoms with Gasteiger partial charge >= 0.3 is 0 Å². The molecule has 0 saturated heterocycles. The zero-order valence-electron chi connectivity index (χ0n) is 10.5. The van der Waals surface area contributed by atoms with E-state index in [2.05, 4.69) is 6.07 Å². The number of halogens is 1. The number of nitriles is 1. The fraction of sp³-hybridized carbons (Fsp3) is 0.385. The standard InChI is InChI=1S/C13H16ClN3O/c1-3-17(8-9(2)7-15)13(18)10-4-11(14)6-12(16)5-10/h4-6,9H,3,8,16H2,1-2H3. The van der Waals surface area contributed by atoms with Crippen LogP contribution in [0.15, 0.2) is 18.2 Å². The van der Waals surface area contributed by atoms with Gasteiger partial charge in [-0.15, -0.1) is 0 Å². The maximum Gasteiger partial charge on any atom is 0.254 e. The number of hydrogen-bond donors (Lipinski definition) is 1. The monoisotopic (exact) mass is 265 g/mol. The van der Waals surface area contributed by atoms with Gasteiger partial charge in [0, 0.05) is 29.4 Å². The fourth-order valence-electron chi connectivity index (χ4n) is 1.65. The number of carbonyl (C=O) groups is 1. The maximum absolute atomic E-state index is 12.2. The quantitative estimate of drug-likeness (QED) is 0.851. The summed E-state index contributed by atoms with van der Waals surface area (Å²) in [6.07, 6.45) is 0. The molecule has 1 aromatic rings. The smallest absolute Gasteiger partial charge is 0.254 e. The largest absolute Gasteiger partial charge is 0.399 e. The Morgan fingerprint density at radius 2 is 2.22 bits per heavy atom. The second kappa shape index (κ2) is 6.27. The molecule has 1 amide bonds. The average molecular weight is 266 g/mol. The highest BCUT2D eigenvalue weighted by Gasteiger charge is 2.17. The van der Waals surface area contributed by atoms with E-state index in [0.717, 1.165) is 0 Å². The van der Waals surface area contributed by atoms with Crippen molar-refractivity contribution in [1.29, 1.82) is 5.26 Å². The minimum atomic E-state index is -0.203. The van der Waals surface area contributed by atoms with Crippen molar-refractivity contribution in [3.8, 4) is 6.07 Å². The van der Waals surface area contributed by atoms with Crippen molar-refractivity contribution in [2.24, 2.45) is 5.92 Å². The average Bonchev–Trinajstić information content (AvgIpc) is 2.33. The van der Waals surface area contributed by atoms with Gasteiger partial charge in [-0.25, -0.2) is 0 Å². The molecule has 0 aliphatic heterocycles. The third-order valence-corrected chi connectivity index (χ3v) is 2.77. The Balaban J connectivity index is 2.93. The number of amides is 1. The zero-order valence-corrected chi connectivity index (χ0v) is 11.2. The van der Waals surface area contributed by atoms with Gasteiger partial charge in [-0.2, -0.15) is 5.26 Å². The predicted octanol–water partition coefficient (Wildman–Crippen LogP) is 2.54. The molecule has 0 aromatic heterocycles. The van der Waals surface area contributed by atoms with Gasteiger partial charge in [0.15, 0.2) is 0 Å². The van der Waals surface area contributed by atoms with Gasteiger partial charge in [-0.05, 0) is 32.0 Å². The van der Waals surface area contributed by atoms with Crippen LogP contribution in [0.4, 0.5) is 5.69 Å². The van der Waals surface area contributed by atoms with Crippen molar-refractivity contribution in [2.45, 2.75) is 13.8 Å². The Labute approximate surface area is 112 Å². The Bertz CT molecular complexity index is 461. The SMILES string of the molecule is CCN(CC(C)C#N)C(=O)c1cc(N)cc(Cl)c1. The van der Waals surface area contributed by atoms with Gasteiger partial charge in [-0.1, -0.05) is 11.6 Å². The minimum Gasteiger partial charge on any atom is -0.399 e. The highest BCUT2D eigenvalue weighted by molar-refractivity contribution is 6.31. The van der Waals surface area contributed by atoms with Crippen LogP contribution < -0.4 is 5.73 Å². The third-order valence-electron chi connectivity index (χ3n) is 2.55. The van der Waals surface area contributed by atoms with E-state index in [1.54, 1.807) is 30.0 Å². The molecular formula is C13H16ClN3O. The number of nitrogens with zero attached hydrogens (tertiary/aromatic N) is 2. The third kappa shape index (κ3) is 3.64. The van der Waals surface area contributed by atoms with Crippen LogP contribution in [0.25, 0.3) is 0 Å². The summed E-state index contributed by atoms with van der Waals surface area (Å²) >= 11 is 5.87. The van der Waals surface area contributed by atoms with Gasteiger partial charge in [0.25, 0.3) is 5.91 Å².